The second kappa shape index (κ2) is 8.78. The summed E-state index contributed by atoms with van der Waals surface area (Å²) in [6.07, 6.45) is 3.72. The average Bonchev–Trinajstić information content (AvgIpc) is 3.23. The Morgan fingerprint density at radius 1 is 1.00 bits per heavy atom. The summed E-state index contributed by atoms with van der Waals surface area (Å²) in [6.45, 7) is 8.02. The Morgan fingerprint density at radius 2 is 1.75 bits per heavy atom. The number of ether oxygens (including phenoxy) is 1. The maximum Gasteiger partial charge on any atom is 0.152 e. The number of halogens is 1. The molecule has 0 fully saturated rings. The van der Waals surface area contributed by atoms with Crippen molar-refractivity contribution < 1.29 is 9.13 Å². The molecule has 0 aliphatic carbocycles. The topological polar surface area (TPSA) is 64.9 Å². The molecule has 164 valence electrons. The molecule has 1 N–H and O–H groups in total. The van der Waals surface area contributed by atoms with Gasteiger partial charge in [-0.1, -0.05) is 18.2 Å². The molecule has 0 aliphatic heterocycles. The molecule has 0 saturated carbocycles. The normalized spacial score (nSPS) is 11.9. The van der Waals surface area contributed by atoms with Crippen molar-refractivity contribution in [1.82, 2.24) is 19.7 Å². The van der Waals surface area contributed by atoms with E-state index in [4.69, 9.17) is 4.74 Å². The molecular weight excluding hydrogens is 405 g/mol. The number of methoxy groups -OCH3 is 1. The van der Waals surface area contributed by atoms with Gasteiger partial charge >= 0.3 is 0 Å². The van der Waals surface area contributed by atoms with E-state index in [1.165, 1.54) is 12.1 Å². The molecule has 2 aromatic carbocycles. The van der Waals surface area contributed by atoms with Gasteiger partial charge in [-0.15, -0.1) is 10.2 Å². The van der Waals surface area contributed by atoms with Crippen molar-refractivity contribution in [2.75, 3.05) is 12.4 Å². The Labute approximate surface area is 187 Å². The van der Waals surface area contributed by atoms with Crippen LogP contribution in [0.2, 0.25) is 0 Å². The smallest absolute Gasteiger partial charge is 0.152 e. The summed E-state index contributed by atoms with van der Waals surface area (Å²) in [6, 6.07) is 12.4. The van der Waals surface area contributed by atoms with E-state index in [-0.39, 0.29) is 11.9 Å². The van der Waals surface area contributed by atoms with Crippen LogP contribution in [0.1, 0.15) is 35.3 Å². The van der Waals surface area contributed by atoms with Gasteiger partial charge in [0.1, 0.15) is 11.6 Å². The van der Waals surface area contributed by atoms with Gasteiger partial charge in [-0.05, 0) is 68.7 Å². The molecule has 4 aromatic rings. The van der Waals surface area contributed by atoms with Crippen LogP contribution in [-0.4, -0.2) is 26.9 Å². The Morgan fingerprint density at radius 3 is 2.41 bits per heavy atom. The van der Waals surface area contributed by atoms with Gasteiger partial charge in [-0.25, -0.2) is 9.37 Å². The number of benzene rings is 2. The number of nitrogens with zero attached hydrogens (tertiary/aromatic N) is 4. The lowest BCUT2D eigenvalue weighted by molar-refractivity contribution is 0.413. The van der Waals surface area contributed by atoms with Crippen LogP contribution in [0.15, 0.2) is 55.0 Å². The quantitative estimate of drug-likeness (QED) is 0.432. The van der Waals surface area contributed by atoms with Crippen molar-refractivity contribution in [2.24, 2.45) is 0 Å². The first-order valence-corrected chi connectivity index (χ1v) is 10.4. The van der Waals surface area contributed by atoms with Crippen LogP contribution in [-0.2, 0) is 0 Å². The van der Waals surface area contributed by atoms with Gasteiger partial charge in [0.25, 0.3) is 0 Å². The predicted octanol–water partition coefficient (Wildman–Crippen LogP) is 5.58. The monoisotopic (exact) mass is 431 g/mol. The van der Waals surface area contributed by atoms with E-state index >= 15 is 0 Å². The van der Waals surface area contributed by atoms with Crippen molar-refractivity contribution in [2.45, 2.75) is 33.7 Å². The van der Waals surface area contributed by atoms with E-state index in [0.717, 1.165) is 45.1 Å². The first kappa shape index (κ1) is 21.5. The molecule has 4 rings (SSSR count). The molecule has 0 bridgehead atoms. The highest BCUT2D eigenvalue weighted by molar-refractivity contribution is 5.70. The number of aromatic nitrogens is 4. The Balaban J connectivity index is 1.63. The summed E-state index contributed by atoms with van der Waals surface area (Å²) in [5, 5.41) is 12.3. The summed E-state index contributed by atoms with van der Waals surface area (Å²) >= 11 is 0. The molecular formula is C25H26FN5O. The van der Waals surface area contributed by atoms with Crippen molar-refractivity contribution in [1.29, 1.82) is 0 Å². The van der Waals surface area contributed by atoms with Gasteiger partial charge in [0.2, 0.25) is 0 Å². The number of hydrogen-bond donors (Lipinski definition) is 1. The molecule has 2 aromatic heterocycles. The van der Waals surface area contributed by atoms with E-state index in [0.29, 0.717) is 5.82 Å². The second-order valence-electron chi connectivity index (χ2n) is 7.87. The van der Waals surface area contributed by atoms with Crippen LogP contribution < -0.4 is 10.1 Å². The molecule has 0 amide bonds. The molecule has 0 unspecified atom stereocenters. The fraction of sp³-hybridized carbons (Fsp3) is 0.240. The van der Waals surface area contributed by atoms with E-state index in [1.54, 1.807) is 25.6 Å². The Bertz CT molecular complexity index is 1250. The van der Waals surface area contributed by atoms with Gasteiger partial charge < -0.3 is 14.6 Å². The van der Waals surface area contributed by atoms with Gasteiger partial charge in [-0.3, -0.25) is 0 Å². The third-order valence-electron chi connectivity index (χ3n) is 5.69. The highest BCUT2D eigenvalue weighted by Crippen LogP contribution is 2.32. The largest absolute Gasteiger partial charge is 0.495 e. The average molecular weight is 432 g/mol. The van der Waals surface area contributed by atoms with Crippen molar-refractivity contribution in [3.63, 3.8) is 0 Å². The third-order valence-corrected chi connectivity index (χ3v) is 5.69. The summed E-state index contributed by atoms with van der Waals surface area (Å²) in [5.41, 5.74) is 6.59. The fourth-order valence-corrected chi connectivity index (χ4v) is 3.65. The van der Waals surface area contributed by atoms with Crippen LogP contribution in [0.3, 0.4) is 0 Å². The molecule has 2 heterocycles. The van der Waals surface area contributed by atoms with Crippen LogP contribution in [0.25, 0.3) is 16.9 Å². The van der Waals surface area contributed by atoms with E-state index in [9.17, 15) is 4.39 Å². The zero-order valence-electron chi connectivity index (χ0n) is 18.8. The minimum atomic E-state index is -0.248. The number of anilines is 1. The lowest BCUT2D eigenvalue weighted by atomic mass is 10.0. The summed E-state index contributed by atoms with van der Waals surface area (Å²) in [7, 11) is 1.65. The van der Waals surface area contributed by atoms with E-state index in [2.05, 4.69) is 20.5 Å². The van der Waals surface area contributed by atoms with Crippen molar-refractivity contribution in [3.05, 3.63) is 83.2 Å². The number of rotatable bonds is 6. The van der Waals surface area contributed by atoms with Gasteiger partial charge in [0.15, 0.2) is 5.82 Å². The highest BCUT2D eigenvalue weighted by atomic mass is 19.1. The predicted molar refractivity (Wildman–Crippen MR) is 124 cm³/mol. The Hall–Kier alpha value is -3.74. The lowest BCUT2D eigenvalue weighted by Crippen LogP contribution is -2.11. The maximum atomic E-state index is 13.2. The molecule has 0 aliphatic rings. The van der Waals surface area contributed by atoms with Crippen molar-refractivity contribution >= 4 is 5.82 Å². The van der Waals surface area contributed by atoms with Crippen molar-refractivity contribution in [3.8, 4) is 22.7 Å². The van der Waals surface area contributed by atoms with Gasteiger partial charge in [0, 0.05) is 11.8 Å². The van der Waals surface area contributed by atoms with Crippen LogP contribution in [0.4, 0.5) is 10.2 Å². The number of imidazole rings is 1. The molecule has 7 heteroatoms. The standard InChI is InChI=1S/C25H26FN5O/c1-15-13-31(14-27-15)22-11-8-20(12-23(22)32-5)24-16(2)17(3)25(30-29-24)28-18(4)19-6-9-21(26)10-7-19/h6-14,18H,1-5H3,(H,28,30)/t18-/m0/s1. The highest BCUT2D eigenvalue weighted by Gasteiger charge is 2.16. The first-order chi connectivity index (χ1) is 15.4. The zero-order valence-corrected chi connectivity index (χ0v) is 18.8. The third kappa shape index (κ3) is 4.19. The number of aryl methyl sites for hydroxylation is 1. The number of hydrogen-bond acceptors (Lipinski definition) is 5. The van der Waals surface area contributed by atoms with Gasteiger partial charge in [-0.2, -0.15) is 0 Å². The Kier molecular flexibility index (Phi) is 5.90. The lowest BCUT2D eigenvalue weighted by Gasteiger charge is -2.18. The molecule has 6 nitrogen and oxygen atoms in total. The van der Waals surface area contributed by atoms with Crippen LogP contribution >= 0.6 is 0 Å². The van der Waals surface area contributed by atoms with Gasteiger partial charge in [0.05, 0.1) is 36.6 Å². The first-order valence-electron chi connectivity index (χ1n) is 10.4. The molecule has 1 atom stereocenters. The summed E-state index contributed by atoms with van der Waals surface area (Å²) in [5.74, 6) is 1.19. The van der Waals surface area contributed by atoms with E-state index in [1.807, 2.05) is 56.7 Å². The van der Waals surface area contributed by atoms with Crippen LogP contribution in [0, 0.1) is 26.6 Å². The maximum absolute atomic E-state index is 13.2. The summed E-state index contributed by atoms with van der Waals surface area (Å²) in [4.78, 5) is 4.29. The van der Waals surface area contributed by atoms with Crippen LogP contribution in [0.5, 0.6) is 5.75 Å². The second-order valence-corrected chi connectivity index (χ2v) is 7.87. The van der Waals surface area contributed by atoms with E-state index < -0.39 is 0 Å². The molecule has 0 saturated heterocycles. The molecule has 0 spiro atoms. The summed E-state index contributed by atoms with van der Waals surface area (Å²) < 4.78 is 20.8. The zero-order chi connectivity index (χ0) is 22.8. The minimum absolute atomic E-state index is 0.0353. The SMILES string of the molecule is COc1cc(-c2nnc(N[C@@H](C)c3ccc(F)cc3)c(C)c2C)ccc1-n1cnc(C)c1. The number of nitrogens with one attached hydrogen (secondary N) is 1. The molecule has 0 radical (unpaired) electrons. The fourth-order valence-electron chi connectivity index (χ4n) is 3.65. The minimum Gasteiger partial charge on any atom is -0.495 e. The molecule has 32 heavy (non-hydrogen) atoms.